The first kappa shape index (κ1) is 12.2. The van der Waals surface area contributed by atoms with Gasteiger partial charge in [-0.3, -0.25) is 0 Å². The van der Waals surface area contributed by atoms with Crippen molar-refractivity contribution in [3.05, 3.63) is 0 Å². The number of rotatable bonds is 5. The lowest BCUT2D eigenvalue weighted by Gasteiger charge is -2.33. The summed E-state index contributed by atoms with van der Waals surface area (Å²) < 4.78 is 6.07. The van der Waals surface area contributed by atoms with E-state index in [4.69, 9.17) is 4.43 Å². The Labute approximate surface area is 78.6 Å². The van der Waals surface area contributed by atoms with E-state index in [1.165, 1.54) is 19.3 Å². The van der Waals surface area contributed by atoms with E-state index in [1.54, 1.807) is 0 Å². The molecular formula is C10H24OSi. The van der Waals surface area contributed by atoms with Gasteiger partial charge in [0.15, 0.2) is 8.32 Å². The highest BCUT2D eigenvalue weighted by atomic mass is 28.4. The Hall–Kier alpha value is 0.177. The summed E-state index contributed by atoms with van der Waals surface area (Å²) in [5.74, 6) is 0. The van der Waals surface area contributed by atoms with Gasteiger partial charge >= 0.3 is 0 Å². The molecule has 0 aliphatic carbocycles. The quantitative estimate of drug-likeness (QED) is 0.596. The first-order valence-electron chi connectivity index (χ1n) is 4.97. The summed E-state index contributed by atoms with van der Waals surface area (Å²) in [6.45, 7) is 13.4. The maximum absolute atomic E-state index is 6.07. The summed E-state index contributed by atoms with van der Waals surface area (Å²) in [5.41, 5.74) is 0.0977. The lowest BCUT2D eigenvalue weighted by atomic mass is 10.0. The van der Waals surface area contributed by atoms with Gasteiger partial charge in [0.2, 0.25) is 0 Å². The van der Waals surface area contributed by atoms with Crippen molar-refractivity contribution >= 4 is 8.32 Å². The Morgan fingerprint density at radius 3 is 2.00 bits per heavy atom. The van der Waals surface area contributed by atoms with Gasteiger partial charge in [-0.15, -0.1) is 0 Å². The zero-order chi connectivity index (χ0) is 9.83. The molecule has 0 amide bonds. The molecule has 0 aromatic carbocycles. The van der Waals surface area contributed by atoms with Crippen LogP contribution in [-0.2, 0) is 4.43 Å². The Kier molecular flexibility index (Phi) is 4.49. The minimum absolute atomic E-state index is 0.0977. The van der Waals surface area contributed by atoms with Gasteiger partial charge in [0, 0.05) is 0 Å². The van der Waals surface area contributed by atoms with Gasteiger partial charge in [0.05, 0.1) is 5.60 Å². The summed E-state index contributed by atoms with van der Waals surface area (Å²) in [4.78, 5) is 0. The van der Waals surface area contributed by atoms with Crippen molar-refractivity contribution in [3.63, 3.8) is 0 Å². The molecule has 0 saturated carbocycles. The summed E-state index contributed by atoms with van der Waals surface area (Å²) in [6, 6.07) is 0. The van der Waals surface area contributed by atoms with Crippen molar-refractivity contribution < 1.29 is 4.43 Å². The maximum Gasteiger partial charge on any atom is 0.184 e. The third-order valence-electron chi connectivity index (χ3n) is 1.71. The van der Waals surface area contributed by atoms with Crippen molar-refractivity contribution in [2.75, 3.05) is 0 Å². The van der Waals surface area contributed by atoms with E-state index >= 15 is 0 Å². The molecule has 0 unspecified atom stereocenters. The van der Waals surface area contributed by atoms with Gasteiger partial charge < -0.3 is 4.43 Å². The molecule has 0 aliphatic rings. The van der Waals surface area contributed by atoms with Crippen molar-refractivity contribution in [3.8, 4) is 0 Å². The molecule has 12 heavy (non-hydrogen) atoms. The molecule has 0 rings (SSSR count). The molecule has 2 heteroatoms. The van der Waals surface area contributed by atoms with E-state index in [2.05, 4.69) is 40.4 Å². The van der Waals surface area contributed by atoms with Crippen molar-refractivity contribution in [1.82, 2.24) is 0 Å². The van der Waals surface area contributed by atoms with E-state index in [-0.39, 0.29) is 5.60 Å². The predicted molar refractivity (Wildman–Crippen MR) is 58.0 cm³/mol. The molecule has 0 heterocycles. The van der Waals surface area contributed by atoms with Crippen LogP contribution in [0.15, 0.2) is 0 Å². The van der Waals surface area contributed by atoms with Gasteiger partial charge in [-0.1, -0.05) is 19.8 Å². The third-order valence-corrected chi connectivity index (χ3v) is 2.88. The third kappa shape index (κ3) is 6.86. The summed E-state index contributed by atoms with van der Waals surface area (Å²) >= 11 is 0. The van der Waals surface area contributed by atoms with Crippen LogP contribution in [0.2, 0.25) is 19.6 Å². The highest BCUT2D eigenvalue weighted by molar-refractivity contribution is 6.69. The first-order chi connectivity index (χ1) is 5.27. The second-order valence-electron chi connectivity index (χ2n) is 5.08. The van der Waals surface area contributed by atoms with Gasteiger partial charge in [-0.05, 0) is 39.9 Å². The van der Waals surface area contributed by atoms with Crippen molar-refractivity contribution in [1.29, 1.82) is 0 Å². The lowest BCUT2D eigenvalue weighted by Crippen LogP contribution is -2.38. The smallest absolute Gasteiger partial charge is 0.184 e. The second-order valence-corrected chi connectivity index (χ2v) is 9.51. The second kappa shape index (κ2) is 4.42. The minimum Gasteiger partial charge on any atom is -0.413 e. The molecule has 0 spiro atoms. The molecule has 0 N–H and O–H groups in total. The molecular weight excluding hydrogens is 164 g/mol. The Morgan fingerprint density at radius 2 is 1.67 bits per heavy atom. The molecule has 74 valence electrons. The normalized spacial score (nSPS) is 13.5. The Balaban J connectivity index is 3.86. The van der Waals surface area contributed by atoms with Crippen molar-refractivity contribution in [2.24, 2.45) is 0 Å². The van der Waals surface area contributed by atoms with Gasteiger partial charge in [0.25, 0.3) is 0 Å². The van der Waals surface area contributed by atoms with Crippen LogP contribution in [0.1, 0.15) is 40.0 Å². The first-order valence-corrected chi connectivity index (χ1v) is 8.38. The topological polar surface area (TPSA) is 9.23 Å². The molecule has 0 aromatic rings. The molecule has 0 saturated heterocycles. The fourth-order valence-electron chi connectivity index (χ4n) is 1.48. The van der Waals surface area contributed by atoms with E-state index in [9.17, 15) is 0 Å². The van der Waals surface area contributed by atoms with Crippen LogP contribution >= 0.6 is 0 Å². The SMILES string of the molecule is CCCCC(C)(C)O[Si](C)(C)C. The van der Waals surface area contributed by atoms with Gasteiger partial charge in [-0.2, -0.15) is 0 Å². The largest absolute Gasteiger partial charge is 0.413 e. The number of hydrogen-bond donors (Lipinski definition) is 0. The van der Waals surface area contributed by atoms with Crippen LogP contribution in [0.5, 0.6) is 0 Å². The molecule has 0 aliphatic heterocycles. The maximum atomic E-state index is 6.07. The molecule has 0 bridgehead atoms. The minimum atomic E-state index is -1.34. The zero-order valence-electron chi connectivity index (χ0n) is 9.53. The van der Waals surface area contributed by atoms with Crippen LogP contribution in [-0.4, -0.2) is 13.9 Å². The van der Waals surface area contributed by atoms with Gasteiger partial charge in [0.1, 0.15) is 0 Å². The van der Waals surface area contributed by atoms with E-state index < -0.39 is 8.32 Å². The fourth-order valence-corrected chi connectivity index (χ4v) is 3.24. The monoisotopic (exact) mass is 188 g/mol. The van der Waals surface area contributed by atoms with Crippen LogP contribution in [0.25, 0.3) is 0 Å². The van der Waals surface area contributed by atoms with Crippen LogP contribution < -0.4 is 0 Å². The van der Waals surface area contributed by atoms with Crippen LogP contribution in [0.4, 0.5) is 0 Å². The molecule has 1 nitrogen and oxygen atoms in total. The van der Waals surface area contributed by atoms with Crippen LogP contribution in [0, 0.1) is 0 Å². The average Bonchev–Trinajstić information content (AvgIpc) is 1.78. The molecule has 0 fully saturated rings. The molecule has 0 aromatic heterocycles. The number of unbranched alkanes of at least 4 members (excludes halogenated alkanes) is 1. The highest BCUT2D eigenvalue weighted by Crippen LogP contribution is 2.22. The predicted octanol–water partition coefficient (Wildman–Crippen LogP) is 3.81. The average molecular weight is 188 g/mol. The lowest BCUT2D eigenvalue weighted by molar-refractivity contribution is 0.0887. The van der Waals surface area contributed by atoms with Crippen molar-refractivity contribution in [2.45, 2.75) is 65.3 Å². The van der Waals surface area contributed by atoms with E-state index in [1.807, 2.05) is 0 Å². The highest BCUT2D eigenvalue weighted by Gasteiger charge is 2.26. The summed E-state index contributed by atoms with van der Waals surface area (Å²) in [6.07, 6.45) is 3.73. The molecule has 0 atom stereocenters. The Morgan fingerprint density at radius 1 is 1.17 bits per heavy atom. The van der Waals surface area contributed by atoms with E-state index in [0.717, 1.165) is 0 Å². The molecule has 0 radical (unpaired) electrons. The standard InChI is InChI=1S/C10H24OSi/c1-7-8-9-10(2,3)11-12(4,5)6/h7-9H2,1-6H3. The van der Waals surface area contributed by atoms with Crippen LogP contribution in [0.3, 0.4) is 0 Å². The van der Waals surface area contributed by atoms with E-state index in [0.29, 0.717) is 0 Å². The number of hydrogen-bond acceptors (Lipinski definition) is 1. The zero-order valence-corrected chi connectivity index (χ0v) is 10.5. The summed E-state index contributed by atoms with van der Waals surface area (Å²) in [5, 5.41) is 0. The Bertz CT molecular complexity index is 124. The summed E-state index contributed by atoms with van der Waals surface area (Å²) in [7, 11) is -1.34. The fraction of sp³-hybridized carbons (Fsp3) is 1.00. The van der Waals surface area contributed by atoms with Gasteiger partial charge in [-0.25, -0.2) is 0 Å².